The number of nitriles is 1. The first kappa shape index (κ1) is 15.9. The van der Waals surface area contributed by atoms with Crippen LogP contribution in [0.2, 0.25) is 0 Å². The zero-order valence-corrected chi connectivity index (χ0v) is 12.8. The maximum atomic E-state index is 13.5. The van der Waals surface area contributed by atoms with Gasteiger partial charge < -0.3 is 4.74 Å². The molecule has 0 radical (unpaired) electrons. The Hall–Kier alpha value is -3.01. The molecule has 0 saturated heterocycles. The van der Waals surface area contributed by atoms with Crippen LogP contribution in [0, 0.1) is 18.3 Å². The number of benzene rings is 2. The molecular weight excluding hydrogens is 319 g/mol. The number of rotatable bonds is 2. The topological polar surface area (TPSA) is 50.8 Å². The van der Waals surface area contributed by atoms with Crippen molar-refractivity contribution >= 4 is 11.0 Å². The zero-order chi connectivity index (χ0) is 17.5. The number of hydrogen-bond acceptors (Lipinski definition) is 3. The average molecular weight is 331 g/mol. The second-order valence-corrected chi connectivity index (χ2v) is 5.24. The number of methoxy groups -OCH3 is 1. The zero-order valence-electron chi connectivity index (χ0n) is 12.8. The molecule has 0 saturated carbocycles. The molecule has 0 N–H and O–H groups in total. The van der Waals surface area contributed by atoms with Crippen LogP contribution >= 0.6 is 0 Å². The SMILES string of the molecule is COc1ccc(-n2c(C(F)(F)F)nc3ccc(C#N)cc32)c(C)c1. The Balaban J connectivity index is 2.38. The standard InChI is InChI=1S/C17H12F3N3O/c1-10-7-12(24-2)4-6-14(10)23-15-8-11(9-21)3-5-13(15)22-16(23)17(18,19)20/h3-8H,1-2H3. The highest BCUT2D eigenvalue weighted by molar-refractivity contribution is 5.80. The van der Waals surface area contributed by atoms with E-state index in [1.807, 2.05) is 6.07 Å². The minimum Gasteiger partial charge on any atom is -0.497 e. The van der Waals surface area contributed by atoms with Crippen molar-refractivity contribution in [3.8, 4) is 17.5 Å². The van der Waals surface area contributed by atoms with E-state index in [9.17, 15) is 13.2 Å². The van der Waals surface area contributed by atoms with Gasteiger partial charge in [-0.3, -0.25) is 4.57 Å². The van der Waals surface area contributed by atoms with Crippen LogP contribution in [0.15, 0.2) is 36.4 Å². The summed E-state index contributed by atoms with van der Waals surface area (Å²) in [5.74, 6) is -0.479. The molecule has 0 spiro atoms. The molecule has 4 nitrogen and oxygen atoms in total. The third-order valence-corrected chi connectivity index (χ3v) is 3.68. The van der Waals surface area contributed by atoms with Crippen LogP contribution in [-0.2, 0) is 6.18 Å². The van der Waals surface area contributed by atoms with Gasteiger partial charge in [-0.15, -0.1) is 0 Å². The lowest BCUT2D eigenvalue weighted by atomic mass is 10.1. The van der Waals surface area contributed by atoms with E-state index in [4.69, 9.17) is 10.00 Å². The molecule has 3 aromatic rings. The molecule has 0 unspecified atom stereocenters. The maximum absolute atomic E-state index is 13.5. The Morgan fingerprint density at radius 2 is 1.92 bits per heavy atom. The normalized spacial score (nSPS) is 11.5. The van der Waals surface area contributed by atoms with Gasteiger partial charge in [0.25, 0.3) is 0 Å². The molecule has 1 aromatic heterocycles. The van der Waals surface area contributed by atoms with Gasteiger partial charge in [-0.25, -0.2) is 4.98 Å². The van der Waals surface area contributed by atoms with E-state index in [1.54, 1.807) is 25.1 Å². The van der Waals surface area contributed by atoms with E-state index < -0.39 is 12.0 Å². The summed E-state index contributed by atoms with van der Waals surface area (Å²) in [5.41, 5.74) is 1.61. The Labute approximate surface area is 135 Å². The molecule has 0 aliphatic carbocycles. The first-order valence-corrected chi connectivity index (χ1v) is 7.00. The van der Waals surface area contributed by atoms with Crippen molar-refractivity contribution in [2.45, 2.75) is 13.1 Å². The molecule has 0 bridgehead atoms. The highest BCUT2D eigenvalue weighted by Gasteiger charge is 2.38. The molecule has 0 aliphatic rings. The van der Waals surface area contributed by atoms with Crippen molar-refractivity contribution in [1.82, 2.24) is 9.55 Å². The van der Waals surface area contributed by atoms with Gasteiger partial charge in [-0.2, -0.15) is 18.4 Å². The van der Waals surface area contributed by atoms with Crippen LogP contribution < -0.4 is 4.74 Å². The van der Waals surface area contributed by atoms with E-state index in [-0.39, 0.29) is 16.6 Å². The summed E-state index contributed by atoms with van der Waals surface area (Å²) in [6.07, 6.45) is -4.63. The number of ether oxygens (including phenoxy) is 1. The Morgan fingerprint density at radius 3 is 2.50 bits per heavy atom. The number of fused-ring (bicyclic) bond motifs is 1. The van der Waals surface area contributed by atoms with Crippen molar-refractivity contribution in [1.29, 1.82) is 5.26 Å². The van der Waals surface area contributed by atoms with Gasteiger partial charge in [0.05, 0.1) is 35.5 Å². The van der Waals surface area contributed by atoms with E-state index in [1.165, 1.54) is 25.3 Å². The van der Waals surface area contributed by atoms with Crippen molar-refractivity contribution in [3.63, 3.8) is 0 Å². The maximum Gasteiger partial charge on any atom is 0.450 e. The van der Waals surface area contributed by atoms with Gasteiger partial charge in [0.2, 0.25) is 5.82 Å². The Kier molecular flexibility index (Phi) is 3.68. The molecule has 0 fully saturated rings. The number of hydrogen-bond donors (Lipinski definition) is 0. The van der Waals surface area contributed by atoms with Crippen LogP contribution in [0.25, 0.3) is 16.7 Å². The van der Waals surface area contributed by atoms with Gasteiger partial charge in [0, 0.05) is 0 Å². The van der Waals surface area contributed by atoms with E-state index >= 15 is 0 Å². The van der Waals surface area contributed by atoms with E-state index in [2.05, 4.69) is 4.98 Å². The lowest BCUT2D eigenvalue weighted by molar-refractivity contribution is -0.145. The fourth-order valence-electron chi connectivity index (χ4n) is 2.58. The molecule has 0 atom stereocenters. The summed E-state index contributed by atoms with van der Waals surface area (Å²) in [6.45, 7) is 1.69. The number of imidazole rings is 1. The largest absolute Gasteiger partial charge is 0.497 e. The average Bonchev–Trinajstić information content (AvgIpc) is 2.93. The van der Waals surface area contributed by atoms with E-state index in [0.29, 0.717) is 17.0 Å². The summed E-state index contributed by atoms with van der Waals surface area (Å²) >= 11 is 0. The Morgan fingerprint density at radius 1 is 1.17 bits per heavy atom. The number of aryl methyl sites for hydroxylation is 1. The van der Waals surface area contributed by atoms with Crippen LogP contribution in [0.3, 0.4) is 0 Å². The fourth-order valence-corrected chi connectivity index (χ4v) is 2.58. The fraction of sp³-hybridized carbons (Fsp3) is 0.176. The molecular formula is C17H12F3N3O. The van der Waals surface area contributed by atoms with Crippen molar-refractivity contribution in [2.24, 2.45) is 0 Å². The van der Waals surface area contributed by atoms with Crippen LogP contribution in [0.5, 0.6) is 5.75 Å². The summed E-state index contributed by atoms with van der Waals surface area (Å²) in [5, 5.41) is 9.03. The second-order valence-electron chi connectivity index (χ2n) is 5.24. The Bertz CT molecular complexity index is 968. The monoisotopic (exact) mass is 331 g/mol. The first-order chi connectivity index (χ1) is 11.3. The van der Waals surface area contributed by atoms with Crippen molar-refractivity contribution in [2.75, 3.05) is 7.11 Å². The smallest absolute Gasteiger partial charge is 0.450 e. The summed E-state index contributed by atoms with van der Waals surface area (Å²) in [6, 6.07) is 11.0. The minimum atomic E-state index is -4.63. The highest BCUT2D eigenvalue weighted by Crippen LogP contribution is 2.35. The molecule has 3 rings (SSSR count). The summed E-state index contributed by atoms with van der Waals surface area (Å²) in [7, 11) is 1.49. The summed E-state index contributed by atoms with van der Waals surface area (Å²) < 4.78 is 46.5. The lowest BCUT2D eigenvalue weighted by Crippen LogP contribution is -2.14. The number of nitrogens with zero attached hydrogens (tertiary/aromatic N) is 3. The third kappa shape index (κ3) is 2.56. The highest BCUT2D eigenvalue weighted by atomic mass is 19.4. The van der Waals surface area contributed by atoms with Crippen molar-refractivity contribution in [3.05, 3.63) is 53.3 Å². The molecule has 2 aromatic carbocycles. The van der Waals surface area contributed by atoms with Gasteiger partial charge in [-0.1, -0.05) is 0 Å². The lowest BCUT2D eigenvalue weighted by Gasteiger charge is -2.14. The third-order valence-electron chi connectivity index (χ3n) is 3.68. The van der Waals surface area contributed by atoms with Crippen LogP contribution in [0.4, 0.5) is 13.2 Å². The number of halogens is 3. The second kappa shape index (κ2) is 5.57. The van der Waals surface area contributed by atoms with E-state index in [0.717, 1.165) is 4.57 Å². The predicted octanol–water partition coefficient (Wildman–Crippen LogP) is 4.23. The number of aromatic nitrogens is 2. The van der Waals surface area contributed by atoms with Crippen molar-refractivity contribution < 1.29 is 17.9 Å². The number of alkyl halides is 3. The molecule has 7 heteroatoms. The predicted molar refractivity (Wildman–Crippen MR) is 82.1 cm³/mol. The quantitative estimate of drug-likeness (QED) is 0.706. The molecule has 24 heavy (non-hydrogen) atoms. The van der Waals surface area contributed by atoms with Crippen LogP contribution in [-0.4, -0.2) is 16.7 Å². The van der Waals surface area contributed by atoms with Gasteiger partial charge in [-0.05, 0) is 48.9 Å². The van der Waals surface area contributed by atoms with Gasteiger partial charge in [0.15, 0.2) is 0 Å². The van der Waals surface area contributed by atoms with Crippen LogP contribution in [0.1, 0.15) is 17.0 Å². The van der Waals surface area contributed by atoms with Gasteiger partial charge in [0.1, 0.15) is 5.75 Å². The minimum absolute atomic E-state index is 0.177. The van der Waals surface area contributed by atoms with Gasteiger partial charge >= 0.3 is 6.18 Å². The molecule has 122 valence electrons. The molecule has 0 aliphatic heterocycles. The molecule has 1 heterocycles. The first-order valence-electron chi connectivity index (χ1n) is 7.00. The molecule has 0 amide bonds. The summed E-state index contributed by atoms with van der Waals surface area (Å²) in [4.78, 5) is 3.72.